The number of carboxylic acid groups (broad SMARTS) is 1. The highest BCUT2D eigenvalue weighted by Crippen LogP contribution is 2.37. The molecule has 1 amide bonds. The van der Waals surface area contributed by atoms with Gasteiger partial charge in [0.15, 0.2) is 0 Å². The molecule has 1 aromatic rings. The molecule has 0 aromatic heterocycles. The molecule has 4 heteroatoms. The fourth-order valence-electron chi connectivity index (χ4n) is 3.40. The van der Waals surface area contributed by atoms with E-state index in [1.165, 1.54) is 11.1 Å². The van der Waals surface area contributed by atoms with E-state index in [-0.39, 0.29) is 11.9 Å². The van der Waals surface area contributed by atoms with E-state index in [9.17, 15) is 9.59 Å². The van der Waals surface area contributed by atoms with Gasteiger partial charge in [-0.1, -0.05) is 31.2 Å². The number of carbonyl (C=O) groups excluding carboxylic acids is 1. The lowest BCUT2D eigenvalue weighted by molar-refractivity contribution is -0.143. The largest absolute Gasteiger partial charge is 0.481 e. The number of amides is 1. The molecule has 0 bridgehead atoms. The van der Waals surface area contributed by atoms with Gasteiger partial charge in [0.25, 0.3) is 0 Å². The number of rotatable bonds is 6. The highest BCUT2D eigenvalue weighted by atomic mass is 16.4. The molecule has 1 fully saturated rings. The third-order valence-electron chi connectivity index (χ3n) is 4.88. The van der Waals surface area contributed by atoms with Gasteiger partial charge in [-0.25, -0.2) is 0 Å². The Kier molecular flexibility index (Phi) is 4.19. The smallest absolute Gasteiger partial charge is 0.308 e. The zero-order valence-electron chi connectivity index (χ0n) is 13.0. The molecule has 0 spiro atoms. The van der Waals surface area contributed by atoms with Crippen LogP contribution in [0, 0.1) is 5.92 Å². The van der Waals surface area contributed by atoms with E-state index in [1.54, 1.807) is 6.92 Å². The zero-order valence-corrected chi connectivity index (χ0v) is 13.0. The average Bonchev–Trinajstić information content (AvgIpc) is 3.26. The molecule has 22 heavy (non-hydrogen) atoms. The van der Waals surface area contributed by atoms with Crippen LogP contribution in [0.1, 0.15) is 49.7 Å². The number of aliphatic carboxylic acids is 1. The molecule has 1 aromatic carbocycles. The standard InChI is InChI=1S/C18H23NO3/c1-12(18(21)22)11-19(15-8-9-15)17(20)10-14-7-6-13-4-2-3-5-16(13)14/h2-5,12,14-15H,6-11H2,1H3,(H,21,22)/t12-,14-/m1/s1. The first-order valence-electron chi connectivity index (χ1n) is 8.16. The van der Waals surface area contributed by atoms with Gasteiger partial charge in [-0.05, 0) is 42.7 Å². The molecule has 4 nitrogen and oxygen atoms in total. The summed E-state index contributed by atoms with van der Waals surface area (Å²) in [5.74, 6) is -0.910. The van der Waals surface area contributed by atoms with Crippen molar-refractivity contribution in [3.8, 4) is 0 Å². The highest BCUT2D eigenvalue weighted by Gasteiger charge is 2.36. The third-order valence-corrected chi connectivity index (χ3v) is 4.88. The second kappa shape index (κ2) is 6.11. The molecule has 3 rings (SSSR count). The van der Waals surface area contributed by atoms with E-state index in [4.69, 9.17) is 5.11 Å². The summed E-state index contributed by atoms with van der Waals surface area (Å²) in [4.78, 5) is 25.6. The van der Waals surface area contributed by atoms with Gasteiger partial charge >= 0.3 is 5.97 Å². The van der Waals surface area contributed by atoms with Crippen molar-refractivity contribution in [2.45, 2.75) is 51.0 Å². The Labute approximate surface area is 131 Å². The van der Waals surface area contributed by atoms with E-state index in [2.05, 4.69) is 12.1 Å². The summed E-state index contributed by atoms with van der Waals surface area (Å²) in [6.07, 6.45) is 4.61. The van der Waals surface area contributed by atoms with Gasteiger partial charge in [-0.3, -0.25) is 9.59 Å². The van der Waals surface area contributed by atoms with Crippen LogP contribution in [0.25, 0.3) is 0 Å². The van der Waals surface area contributed by atoms with Crippen LogP contribution in [0.3, 0.4) is 0 Å². The van der Waals surface area contributed by atoms with Crippen molar-refractivity contribution in [1.82, 2.24) is 4.90 Å². The van der Waals surface area contributed by atoms with Gasteiger partial charge in [-0.2, -0.15) is 0 Å². The van der Waals surface area contributed by atoms with Crippen LogP contribution < -0.4 is 0 Å². The molecule has 1 saturated carbocycles. The first-order chi connectivity index (χ1) is 10.6. The monoisotopic (exact) mass is 301 g/mol. The Balaban J connectivity index is 1.66. The van der Waals surface area contributed by atoms with E-state index < -0.39 is 11.9 Å². The lowest BCUT2D eigenvalue weighted by atomic mass is 9.97. The second-order valence-electron chi connectivity index (χ2n) is 6.66. The van der Waals surface area contributed by atoms with Gasteiger partial charge in [0.1, 0.15) is 0 Å². The van der Waals surface area contributed by atoms with Gasteiger partial charge in [-0.15, -0.1) is 0 Å². The molecule has 1 N–H and O–H groups in total. The fraction of sp³-hybridized carbons (Fsp3) is 0.556. The number of fused-ring (bicyclic) bond motifs is 1. The summed E-state index contributed by atoms with van der Waals surface area (Å²) in [7, 11) is 0. The SMILES string of the molecule is C[C@H](CN(C(=O)C[C@H]1CCc2ccccc21)C1CC1)C(=O)O. The Bertz CT molecular complexity index is 579. The first-order valence-corrected chi connectivity index (χ1v) is 8.16. The summed E-state index contributed by atoms with van der Waals surface area (Å²) in [5.41, 5.74) is 2.66. The van der Waals surface area contributed by atoms with Crippen molar-refractivity contribution in [3.63, 3.8) is 0 Å². The molecule has 2 aliphatic rings. The van der Waals surface area contributed by atoms with Gasteiger partial charge < -0.3 is 10.0 Å². The number of carbonyl (C=O) groups is 2. The number of hydrogen-bond acceptors (Lipinski definition) is 2. The molecular weight excluding hydrogens is 278 g/mol. The Morgan fingerprint density at radius 2 is 2.00 bits per heavy atom. The summed E-state index contributed by atoms with van der Waals surface area (Å²) < 4.78 is 0. The molecule has 0 radical (unpaired) electrons. The fourth-order valence-corrected chi connectivity index (χ4v) is 3.40. The number of aryl methyl sites for hydroxylation is 1. The second-order valence-corrected chi connectivity index (χ2v) is 6.66. The molecule has 0 unspecified atom stereocenters. The minimum Gasteiger partial charge on any atom is -0.481 e. The maximum absolute atomic E-state index is 12.7. The van der Waals surface area contributed by atoms with E-state index in [1.807, 2.05) is 17.0 Å². The molecule has 2 atom stereocenters. The first kappa shape index (κ1) is 15.1. The lowest BCUT2D eigenvalue weighted by Gasteiger charge is -2.26. The normalized spacial score (nSPS) is 21.2. The van der Waals surface area contributed by atoms with Crippen LogP contribution in [0.2, 0.25) is 0 Å². The van der Waals surface area contributed by atoms with Gasteiger partial charge in [0.05, 0.1) is 5.92 Å². The van der Waals surface area contributed by atoms with Crippen LogP contribution in [-0.4, -0.2) is 34.5 Å². The summed E-state index contributed by atoms with van der Waals surface area (Å²) in [6, 6.07) is 8.62. The van der Waals surface area contributed by atoms with Crippen LogP contribution in [0.4, 0.5) is 0 Å². The van der Waals surface area contributed by atoms with E-state index in [0.717, 1.165) is 25.7 Å². The van der Waals surface area contributed by atoms with Crippen LogP contribution in [-0.2, 0) is 16.0 Å². The zero-order chi connectivity index (χ0) is 15.7. The van der Waals surface area contributed by atoms with Crippen molar-refractivity contribution >= 4 is 11.9 Å². The topological polar surface area (TPSA) is 57.6 Å². The van der Waals surface area contributed by atoms with Gasteiger partial charge in [0, 0.05) is 19.0 Å². The van der Waals surface area contributed by atoms with Crippen molar-refractivity contribution < 1.29 is 14.7 Å². The average molecular weight is 301 g/mol. The summed E-state index contributed by atoms with van der Waals surface area (Å²) in [5, 5.41) is 9.09. The number of carboxylic acids is 1. The predicted octanol–water partition coefficient (Wildman–Crippen LogP) is 2.82. The number of nitrogens with zero attached hydrogens (tertiary/aromatic N) is 1. The minimum absolute atomic E-state index is 0.123. The molecular formula is C18H23NO3. The maximum Gasteiger partial charge on any atom is 0.308 e. The molecule has 118 valence electrons. The van der Waals surface area contributed by atoms with Crippen LogP contribution in [0.5, 0.6) is 0 Å². The maximum atomic E-state index is 12.7. The van der Waals surface area contributed by atoms with Crippen molar-refractivity contribution in [3.05, 3.63) is 35.4 Å². The van der Waals surface area contributed by atoms with Crippen molar-refractivity contribution in [1.29, 1.82) is 0 Å². The summed E-state index contributed by atoms with van der Waals surface area (Å²) >= 11 is 0. The lowest BCUT2D eigenvalue weighted by Crippen LogP contribution is -2.39. The van der Waals surface area contributed by atoms with Crippen molar-refractivity contribution in [2.24, 2.45) is 5.92 Å². The Hall–Kier alpha value is -1.84. The molecule has 0 saturated heterocycles. The quantitative estimate of drug-likeness (QED) is 0.879. The Morgan fingerprint density at radius 3 is 2.68 bits per heavy atom. The van der Waals surface area contributed by atoms with Crippen molar-refractivity contribution in [2.75, 3.05) is 6.54 Å². The minimum atomic E-state index is -0.829. The molecule has 2 aliphatic carbocycles. The number of benzene rings is 1. The highest BCUT2D eigenvalue weighted by molar-refractivity contribution is 5.79. The third kappa shape index (κ3) is 3.16. The van der Waals surface area contributed by atoms with Crippen LogP contribution in [0.15, 0.2) is 24.3 Å². The summed E-state index contributed by atoms with van der Waals surface area (Å²) in [6.45, 7) is 2.02. The van der Waals surface area contributed by atoms with E-state index >= 15 is 0 Å². The van der Waals surface area contributed by atoms with E-state index in [0.29, 0.717) is 18.9 Å². The molecule has 0 aliphatic heterocycles. The molecule has 0 heterocycles. The van der Waals surface area contributed by atoms with Crippen LogP contribution >= 0.6 is 0 Å². The predicted molar refractivity (Wildman–Crippen MR) is 83.7 cm³/mol. The van der Waals surface area contributed by atoms with Gasteiger partial charge in [0.2, 0.25) is 5.91 Å². The number of hydrogen-bond donors (Lipinski definition) is 1. The Morgan fingerprint density at radius 1 is 1.27 bits per heavy atom.